The molecule has 0 amide bonds. The van der Waals surface area contributed by atoms with Crippen LogP contribution < -0.4 is 15.2 Å². The third-order valence-corrected chi connectivity index (χ3v) is 2.78. The molecule has 1 saturated carbocycles. The topological polar surface area (TPSA) is 87.6 Å². The molecule has 0 atom stereocenters. The molecule has 92 valence electrons. The van der Waals surface area contributed by atoms with Gasteiger partial charge in [0, 0.05) is 12.1 Å². The van der Waals surface area contributed by atoms with Crippen molar-refractivity contribution in [3.8, 4) is 11.5 Å². The SMILES string of the molecule is COc1cc([N+](=O)[O-])ccc1OC1CC(N)C1. The molecule has 1 fully saturated rings. The maximum absolute atomic E-state index is 10.6. The van der Waals surface area contributed by atoms with E-state index in [9.17, 15) is 10.1 Å². The van der Waals surface area contributed by atoms with Gasteiger partial charge in [-0.2, -0.15) is 0 Å². The first-order valence-corrected chi connectivity index (χ1v) is 5.35. The van der Waals surface area contributed by atoms with E-state index in [2.05, 4.69) is 0 Å². The van der Waals surface area contributed by atoms with Gasteiger partial charge in [-0.3, -0.25) is 10.1 Å². The quantitative estimate of drug-likeness (QED) is 0.634. The second kappa shape index (κ2) is 4.58. The number of nitro groups is 1. The van der Waals surface area contributed by atoms with Crippen LogP contribution >= 0.6 is 0 Å². The number of hydrogen-bond acceptors (Lipinski definition) is 5. The Morgan fingerprint density at radius 2 is 2.12 bits per heavy atom. The molecule has 6 heteroatoms. The van der Waals surface area contributed by atoms with Gasteiger partial charge in [0.25, 0.3) is 5.69 Å². The highest BCUT2D eigenvalue weighted by atomic mass is 16.6. The second-order valence-electron chi connectivity index (χ2n) is 4.06. The second-order valence-corrected chi connectivity index (χ2v) is 4.06. The van der Waals surface area contributed by atoms with Crippen LogP contribution in [0.2, 0.25) is 0 Å². The van der Waals surface area contributed by atoms with Gasteiger partial charge in [0.2, 0.25) is 0 Å². The minimum Gasteiger partial charge on any atom is -0.493 e. The summed E-state index contributed by atoms with van der Waals surface area (Å²) < 4.78 is 10.7. The fourth-order valence-electron chi connectivity index (χ4n) is 1.75. The Morgan fingerprint density at radius 1 is 1.41 bits per heavy atom. The molecular formula is C11H14N2O4. The number of nitro benzene ring substituents is 1. The van der Waals surface area contributed by atoms with Crippen LogP contribution in [0.4, 0.5) is 5.69 Å². The number of ether oxygens (including phenoxy) is 2. The van der Waals surface area contributed by atoms with Crippen LogP contribution in [-0.4, -0.2) is 24.2 Å². The number of rotatable bonds is 4. The Labute approximate surface area is 98.5 Å². The summed E-state index contributed by atoms with van der Waals surface area (Å²) >= 11 is 0. The van der Waals surface area contributed by atoms with E-state index in [0.29, 0.717) is 11.5 Å². The van der Waals surface area contributed by atoms with Gasteiger partial charge in [0.15, 0.2) is 11.5 Å². The molecule has 1 aliphatic carbocycles. The molecule has 0 radical (unpaired) electrons. The minimum absolute atomic E-state index is 0.0143. The van der Waals surface area contributed by atoms with Gasteiger partial charge in [0.05, 0.1) is 18.1 Å². The molecule has 1 aliphatic rings. The Bertz CT molecular complexity index is 429. The van der Waals surface area contributed by atoms with Crippen molar-refractivity contribution in [2.24, 2.45) is 5.73 Å². The molecule has 0 unspecified atom stereocenters. The maximum atomic E-state index is 10.6. The molecule has 0 heterocycles. The molecular weight excluding hydrogens is 224 g/mol. The number of hydrogen-bond donors (Lipinski definition) is 1. The molecule has 0 aromatic heterocycles. The first-order chi connectivity index (χ1) is 8.10. The number of benzene rings is 1. The van der Waals surface area contributed by atoms with Crippen molar-refractivity contribution in [1.82, 2.24) is 0 Å². The summed E-state index contributed by atoms with van der Waals surface area (Å²) in [6.45, 7) is 0. The summed E-state index contributed by atoms with van der Waals surface area (Å²) in [6, 6.07) is 4.51. The third-order valence-electron chi connectivity index (χ3n) is 2.78. The van der Waals surface area contributed by atoms with E-state index in [-0.39, 0.29) is 17.8 Å². The fourth-order valence-corrected chi connectivity index (χ4v) is 1.75. The van der Waals surface area contributed by atoms with Gasteiger partial charge in [-0.1, -0.05) is 0 Å². The van der Waals surface area contributed by atoms with E-state index in [4.69, 9.17) is 15.2 Å². The number of methoxy groups -OCH3 is 1. The van der Waals surface area contributed by atoms with Crippen LogP contribution in [0.5, 0.6) is 11.5 Å². The predicted molar refractivity (Wildman–Crippen MR) is 61.3 cm³/mol. The number of nitrogens with two attached hydrogens (primary N) is 1. The molecule has 6 nitrogen and oxygen atoms in total. The molecule has 0 spiro atoms. The van der Waals surface area contributed by atoms with Gasteiger partial charge in [0.1, 0.15) is 6.10 Å². The molecule has 0 bridgehead atoms. The fraction of sp³-hybridized carbons (Fsp3) is 0.455. The first-order valence-electron chi connectivity index (χ1n) is 5.35. The van der Waals surface area contributed by atoms with Crippen molar-refractivity contribution in [2.45, 2.75) is 25.0 Å². The van der Waals surface area contributed by atoms with E-state index in [1.165, 1.54) is 19.2 Å². The van der Waals surface area contributed by atoms with Crippen LogP contribution in [0.3, 0.4) is 0 Å². The molecule has 1 aromatic carbocycles. The summed E-state index contributed by atoms with van der Waals surface area (Å²) in [5, 5.41) is 10.6. The molecule has 2 N–H and O–H groups in total. The summed E-state index contributed by atoms with van der Waals surface area (Å²) in [4.78, 5) is 10.1. The van der Waals surface area contributed by atoms with Crippen molar-refractivity contribution in [2.75, 3.05) is 7.11 Å². The highest BCUT2D eigenvalue weighted by Crippen LogP contribution is 2.34. The molecule has 0 aliphatic heterocycles. The smallest absolute Gasteiger partial charge is 0.273 e. The summed E-state index contributed by atoms with van der Waals surface area (Å²) in [7, 11) is 1.46. The first kappa shape index (κ1) is 11.7. The highest BCUT2D eigenvalue weighted by molar-refractivity contribution is 5.48. The zero-order chi connectivity index (χ0) is 12.4. The van der Waals surface area contributed by atoms with E-state index >= 15 is 0 Å². The van der Waals surface area contributed by atoms with Gasteiger partial charge in [-0.05, 0) is 18.9 Å². The van der Waals surface area contributed by atoms with Crippen LogP contribution in [0, 0.1) is 10.1 Å². The van der Waals surface area contributed by atoms with E-state index in [1.807, 2.05) is 0 Å². The highest BCUT2D eigenvalue weighted by Gasteiger charge is 2.28. The monoisotopic (exact) mass is 238 g/mol. The molecule has 0 saturated heterocycles. The van der Waals surface area contributed by atoms with Crippen LogP contribution in [0.1, 0.15) is 12.8 Å². The van der Waals surface area contributed by atoms with Crippen LogP contribution in [-0.2, 0) is 0 Å². The molecule has 2 rings (SSSR count). The van der Waals surface area contributed by atoms with Crippen molar-refractivity contribution < 1.29 is 14.4 Å². The average Bonchev–Trinajstić information content (AvgIpc) is 2.27. The van der Waals surface area contributed by atoms with Crippen molar-refractivity contribution >= 4 is 5.69 Å². The summed E-state index contributed by atoms with van der Waals surface area (Å²) in [5.74, 6) is 0.898. The van der Waals surface area contributed by atoms with Crippen molar-refractivity contribution in [3.05, 3.63) is 28.3 Å². The van der Waals surface area contributed by atoms with Gasteiger partial charge < -0.3 is 15.2 Å². The molecule has 17 heavy (non-hydrogen) atoms. The lowest BCUT2D eigenvalue weighted by atomic mass is 9.90. The Morgan fingerprint density at radius 3 is 2.65 bits per heavy atom. The minimum atomic E-state index is -0.467. The zero-order valence-corrected chi connectivity index (χ0v) is 9.46. The lowest BCUT2D eigenvalue weighted by molar-refractivity contribution is -0.385. The van der Waals surface area contributed by atoms with E-state index < -0.39 is 4.92 Å². The Balaban J connectivity index is 2.13. The average molecular weight is 238 g/mol. The van der Waals surface area contributed by atoms with E-state index in [0.717, 1.165) is 12.8 Å². The van der Waals surface area contributed by atoms with E-state index in [1.54, 1.807) is 6.07 Å². The third kappa shape index (κ3) is 2.47. The zero-order valence-electron chi connectivity index (χ0n) is 9.46. The standard InChI is InChI=1S/C11H14N2O4/c1-16-11-6-8(13(14)15)2-3-10(11)17-9-4-7(12)5-9/h2-3,6-7,9H,4-5,12H2,1H3. The summed E-state index contributed by atoms with van der Waals surface area (Å²) in [6.07, 6.45) is 1.70. The van der Waals surface area contributed by atoms with Crippen molar-refractivity contribution in [3.63, 3.8) is 0 Å². The van der Waals surface area contributed by atoms with Gasteiger partial charge >= 0.3 is 0 Å². The summed E-state index contributed by atoms with van der Waals surface area (Å²) in [5.41, 5.74) is 5.64. The van der Waals surface area contributed by atoms with Crippen molar-refractivity contribution in [1.29, 1.82) is 0 Å². The number of non-ortho nitro benzene ring substituents is 1. The normalized spacial score (nSPS) is 22.7. The van der Waals surface area contributed by atoms with Gasteiger partial charge in [-0.25, -0.2) is 0 Å². The molecule has 1 aromatic rings. The Kier molecular flexibility index (Phi) is 3.14. The maximum Gasteiger partial charge on any atom is 0.273 e. The van der Waals surface area contributed by atoms with Crippen LogP contribution in [0.15, 0.2) is 18.2 Å². The lowest BCUT2D eigenvalue weighted by Gasteiger charge is -2.32. The lowest BCUT2D eigenvalue weighted by Crippen LogP contribution is -2.43. The van der Waals surface area contributed by atoms with Gasteiger partial charge in [-0.15, -0.1) is 0 Å². The number of nitrogens with zero attached hydrogens (tertiary/aromatic N) is 1. The van der Waals surface area contributed by atoms with Crippen LogP contribution in [0.25, 0.3) is 0 Å². The largest absolute Gasteiger partial charge is 0.493 e. The predicted octanol–water partition coefficient (Wildman–Crippen LogP) is 1.47. The Hall–Kier alpha value is -1.82.